The van der Waals surface area contributed by atoms with Gasteiger partial charge in [0.2, 0.25) is 5.91 Å². The van der Waals surface area contributed by atoms with Crippen LogP contribution in [0.25, 0.3) is 11.4 Å². The van der Waals surface area contributed by atoms with E-state index in [1.807, 2.05) is 0 Å². The summed E-state index contributed by atoms with van der Waals surface area (Å²) in [5, 5.41) is 2.60. The van der Waals surface area contributed by atoms with Gasteiger partial charge in [-0.3, -0.25) is 19.7 Å². The van der Waals surface area contributed by atoms with Crippen molar-refractivity contribution in [2.75, 3.05) is 11.2 Å². The number of hydrogen-bond donors (Lipinski definition) is 1. The van der Waals surface area contributed by atoms with Gasteiger partial charge in [-0.15, -0.1) is 11.6 Å². The lowest BCUT2D eigenvalue weighted by Crippen LogP contribution is -2.12. The Morgan fingerprint density at radius 1 is 1.18 bits per heavy atom. The third-order valence-electron chi connectivity index (χ3n) is 1.99. The van der Waals surface area contributed by atoms with E-state index in [2.05, 4.69) is 20.3 Å². The molecule has 17 heavy (non-hydrogen) atoms. The van der Waals surface area contributed by atoms with E-state index < -0.39 is 0 Å². The maximum absolute atomic E-state index is 11.0. The second-order valence-corrected chi connectivity index (χ2v) is 3.47. The molecule has 0 saturated carbocycles. The average Bonchev–Trinajstić information content (AvgIpc) is 2.40. The van der Waals surface area contributed by atoms with Gasteiger partial charge in [0.25, 0.3) is 0 Å². The summed E-state index contributed by atoms with van der Waals surface area (Å²) in [7, 11) is 0. The minimum Gasteiger partial charge on any atom is -0.324 e. The van der Waals surface area contributed by atoms with Gasteiger partial charge >= 0.3 is 0 Å². The number of rotatable bonds is 3. The molecule has 0 fully saturated rings. The Morgan fingerprint density at radius 2 is 2.06 bits per heavy atom. The number of nitrogens with one attached hydrogen (secondary N) is 1. The molecule has 1 N–H and O–H groups in total. The second-order valence-electron chi connectivity index (χ2n) is 3.20. The fourth-order valence-corrected chi connectivity index (χ4v) is 1.31. The molecule has 0 aromatic carbocycles. The van der Waals surface area contributed by atoms with Gasteiger partial charge in [-0.25, -0.2) is 0 Å². The number of alkyl halides is 1. The largest absolute Gasteiger partial charge is 0.324 e. The van der Waals surface area contributed by atoms with E-state index in [1.54, 1.807) is 36.9 Å². The molecule has 0 saturated heterocycles. The summed E-state index contributed by atoms with van der Waals surface area (Å²) in [6.07, 6.45) is 6.37. The molecule has 0 atom stereocenters. The summed E-state index contributed by atoms with van der Waals surface area (Å²) >= 11 is 5.38. The van der Waals surface area contributed by atoms with Crippen molar-refractivity contribution in [3.8, 4) is 11.4 Å². The molecule has 0 aliphatic rings. The van der Waals surface area contributed by atoms with Gasteiger partial charge in [-0.2, -0.15) is 0 Å². The number of aromatic nitrogens is 3. The highest BCUT2D eigenvalue weighted by Crippen LogP contribution is 2.14. The summed E-state index contributed by atoms with van der Waals surface area (Å²) in [4.78, 5) is 23.3. The van der Waals surface area contributed by atoms with E-state index in [0.29, 0.717) is 17.1 Å². The predicted octanol–water partition coefficient (Wildman–Crippen LogP) is 1.72. The zero-order valence-electron chi connectivity index (χ0n) is 8.80. The van der Waals surface area contributed by atoms with E-state index in [1.165, 1.54) is 0 Å². The van der Waals surface area contributed by atoms with Crippen LogP contribution in [0, 0.1) is 0 Å². The third kappa shape index (κ3) is 2.98. The van der Waals surface area contributed by atoms with E-state index in [0.717, 1.165) is 0 Å². The molecule has 0 radical (unpaired) electrons. The van der Waals surface area contributed by atoms with Crippen molar-refractivity contribution in [1.82, 2.24) is 15.0 Å². The summed E-state index contributed by atoms with van der Waals surface area (Å²) in [5.74, 6) is -0.341. The molecule has 5 nitrogen and oxygen atoms in total. The first-order valence-electron chi connectivity index (χ1n) is 4.88. The van der Waals surface area contributed by atoms with Gasteiger partial charge in [-0.1, -0.05) is 0 Å². The maximum Gasteiger partial charge on any atom is 0.239 e. The Morgan fingerprint density at radius 3 is 2.65 bits per heavy atom. The van der Waals surface area contributed by atoms with Crippen LogP contribution >= 0.6 is 11.6 Å². The lowest BCUT2D eigenvalue weighted by atomic mass is 10.2. The molecule has 0 unspecified atom stereocenters. The Balaban J connectivity index is 2.16. The molecular formula is C11H9ClN4O. The van der Waals surface area contributed by atoms with Gasteiger partial charge in [-0.05, 0) is 12.1 Å². The third-order valence-corrected chi connectivity index (χ3v) is 2.24. The number of halogens is 1. The van der Waals surface area contributed by atoms with E-state index in [9.17, 15) is 4.79 Å². The molecule has 2 heterocycles. The molecule has 1 amide bonds. The van der Waals surface area contributed by atoms with Gasteiger partial charge < -0.3 is 5.32 Å². The van der Waals surface area contributed by atoms with E-state index in [-0.39, 0.29) is 11.8 Å². The molecular weight excluding hydrogens is 240 g/mol. The summed E-state index contributed by atoms with van der Waals surface area (Å²) in [5.41, 5.74) is 1.98. The predicted molar refractivity (Wildman–Crippen MR) is 64.6 cm³/mol. The first kappa shape index (κ1) is 11.5. The number of carbonyl (C=O) groups is 1. The number of anilines is 1. The Labute approximate surface area is 103 Å². The van der Waals surface area contributed by atoms with Crippen molar-refractivity contribution in [3.05, 3.63) is 36.9 Å². The van der Waals surface area contributed by atoms with Crippen molar-refractivity contribution < 1.29 is 4.79 Å². The normalized spacial score (nSPS) is 9.94. The molecule has 6 heteroatoms. The first-order chi connectivity index (χ1) is 8.29. The molecule has 0 spiro atoms. The number of carbonyl (C=O) groups excluding carboxylic acids is 1. The highest BCUT2D eigenvalue weighted by Gasteiger charge is 2.03. The molecule has 0 bridgehead atoms. The van der Waals surface area contributed by atoms with Crippen LogP contribution < -0.4 is 5.32 Å². The number of pyridine rings is 1. The van der Waals surface area contributed by atoms with Crippen molar-refractivity contribution in [1.29, 1.82) is 0 Å². The van der Waals surface area contributed by atoms with Gasteiger partial charge in [0, 0.05) is 12.4 Å². The van der Waals surface area contributed by atoms with Crippen molar-refractivity contribution in [3.63, 3.8) is 0 Å². The quantitative estimate of drug-likeness (QED) is 0.840. The summed E-state index contributed by atoms with van der Waals surface area (Å²) in [6.45, 7) is 0. The second kappa shape index (κ2) is 5.36. The highest BCUT2D eigenvalue weighted by molar-refractivity contribution is 6.29. The number of nitrogens with zero attached hydrogens (tertiary/aromatic N) is 3. The zero-order valence-corrected chi connectivity index (χ0v) is 9.55. The number of amides is 1. The monoisotopic (exact) mass is 248 g/mol. The van der Waals surface area contributed by atoms with Crippen molar-refractivity contribution >= 4 is 23.2 Å². The summed E-state index contributed by atoms with van der Waals surface area (Å²) < 4.78 is 0. The smallest absolute Gasteiger partial charge is 0.239 e. The standard InChI is InChI=1S/C11H9ClN4O/c12-5-11(17)16-8-1-2-9(15-6-8)10-7-13-3-4-14-10/h1-4,6-7H,5H2,(H,16,17). The highest BCUT2D eigenvalue weighted by atomic mass is 35.5. The van der Waals surface area contributed by atoms with Crippen molar-refractivity contribution in [2.24, 2.45) is 0 Å². The average molecular weight is 249 g/mol. The first-order valence-corrected chi connectivity index (χ1v) is 5.41. The molecule has 2 rings (SSSR count). The van der Waals surface area contributed by atoms with Gasteiger partial charge in [0.15, 0.2) is 0 Å². The van der Waals surface area contributed by atoms with Crippen LogP contribution in [0.1, 0.15) is 0 Å². The van der Waals surface area contributed by atoms with Crippen LogP contribution in [0.5, 0.6) is 0 Å². The van der Waals surface area contributed by atoms with Crippen LogP contribution in [-0.2, 0) is 4.79 Å². The number of hydrogen-bond acceptors (Lipinski definition) is 4. The topological polar surface area (TPSA) is 67.8 Å². The van der Waals surface area contributed by atoms with Gasteiger partial charge in [0.05, 0.1) is 23.8 Å². The lowest BCUT2D eigenvalue weighted by molar-refractivity contribution is -0.113. The summed E-state index contributed by atoms with van der Waals surface area (Å²) in [6, 6.07) is 3.50. The molecule has 2 aromatic heterocycles. The van der Waals surface area contributed by atoms with E-state index in [4.69, 9.17) is 11.6 Å². The van der Waals surface area contributed by atoms with Crippen LogP contribution in [0.2, 0.25) is 0 Å². The SMILES string of the molecule is O=C(CCl)Nc1ccc(-c2cnccn2)nc1. The van der Waals surface area contributed by atoms with Crippen LogP contribution in [0.15, 0.2) is 36.9 Å². The minimum absolute atomic E-state index is 0.0775. The van der Waals surface area contributed by atoms with Gasteiger partial charge in [0.1, 0.15) is 11.6 Å². The lowest BCUT2D eigenvalue weighted by Gasteiger charge is -2.03. The molecule has 0 aliphatic heterocycles. The fraction of sp³-hybridized carbons (Fsp3) is 0.0909. The van der Waals surface area contributed by atoms with Crippen molar-refractivity contribution in [2.45, 2.75) is 0 Å². The van der Waals surface area contributed by atoms with E-state index >= 15 is 0 Å². The molecule has 0 aliphatic carbocycles. The van der Waals surface area contributed by atoms with Crippen LogP contribution in [0.4, 0.5) is 5.69 Å². The maximum atomic E-state index is 11.0. The van der Waals surface area contributed by atoms with Crippen LogP contribution in [0.3, 0.4) is 0 Å². The zero-order chi connectivity index (χ0) is 12.1. The fourth-order valence-electron chi connectivity index (χ4n) is 1.25. The minimum atomic E-state index is -0.263. The Kier molecular flexibility index (Phi) is 3.62. The Bertz CT molecular complexity index is 501. The molecule has 2 aromatic rings. The molecule has 86 valence electrons. The Hall–Kier alpha value is -2.01. The van der Waals surface area contributed by atoms with Crippen LogP contribution in [-0.4, -0.2) is 26.7 Å².